The van der Waals surface area contributed by atoms with Gasteiger partial charge in [-0.05, 0) is 13.0 Å². The van der Waals surface area contributed by atoms with Crippen molar-refractivity contribution in [1.29, 1.82) is 0 Å². The van der Waals surface area contributed by atoms with Crippen LogP contribution in [0.2, 0.25) is 0 Å². The number of hydrogen-bond acceptors (Lipinski definition) is 4. The summed E-state index contributed by atoms with van der Waals surface area (Å²) in [6.45, 7) is 2.39. The first-order valence-electron chi connectivity index (χ1n) is 5.26. The highest BCUT2D eigenvalue weighted by atomic mass is 16.5. The maximum Gasteiger partial charge on any atom is 0.214 e. The molecule has 0 bridgehead atoms. The second-order valence-electron chi connectivity index (χ2n) is 3.44. The summed E-state index contributed by atoms with van der Waals surface area (Å²) in [5.41, 5.74) is 7.00. The molecule has 0 unspecified atom stereocenters. The number of para-hydroxylation sites is 1. The lowest BCUT2D eigenvalue weighted by molar-refractivity contribution is 0.318. The topological polar surface area (TPSA) is 80.7 Å². The Morgan fingerprint density at radius 1 is 1.47 bits per heavy atom. The van der Waals surface area contributed by atoms with Gasteiger partial charge in [-0.2, -0.15) is 0 Å². The molecule has 17 heavy (non-hydrogen) atoms. The Morgan fingerprint density at radius 2 is 2.24 bits per heavy atom. The smallest absolute Gasteiger partial charge is 0.214 e. The summed E-state index contributed by atoms with van der Waals surface area (Å²) in [4.78, 5) is 4.33. The molecule has 2 aromatic rings. The molecular formula is C12H13N3O2. The number of ether oxygens (including phenoxy) is 1. The summed E-state index contributed by atoms with van der Waals surface area (Å²) in [7, 11) is 0. The zero-order valence-corrected chi connectivity index (χ0v) is 9.42. The Bertz CT molecular complexity index is 567. The van der Waals surface area contributed by atoms with E-state index in [1.54, 1.807) is 6.07 Å². The first-order valence-corrected chi connectivity index (χ1v) is 5.26. The number of nitrogens with two attached hydrogens (primary N) is 1. The molecule has 88 valence electrons. The van der Waals surface area contributed by atoms with Crippen LogP contribution >= 0.6 is 0 Å². The van der Waals surface area contributed by atoms with Crippen molar-refractivity contribution < 1.29 is 9.94 Å². The van der Waals surface area contributed by atoms with Crippen LogP contribution in [0.1, 0.15) is 12.5 Å². The molecule has 0 spiro atoms. The van der Waals surface area contributed by atoms with Crippen LogP contribution in [0.4, 0.5) is 0 Å². The zero-order chi connectivity index (χ0) is 12.3. The second-order valence-corrected chi connectivity index (χ2v) is 3.44. The Labute approximate surface area is 98.5 Å². The third kappa shape index (κ3) is 2.13. The van der Waals surface area contributed by atoms with Crippen LogP contribution in [0.5, 0.6) is 5.88 Å². The number of amidine groups is 1. The third-order valence-corrected chi connectivity index (χ3v) is 2.37. The number of pyridine rings is 1. The van der Waals surface area contributed by atoms with Gasteiger partial charge in [-0.25, -0.2) is 4.98 Å². The van der Waals surface area contributed by atoms with Crippen molar-refractivity contribution in [2.75, 3.05) is 6.61 Å². The number of oxime groups is 1. The van der Waals surface area contributed by atoms with Gasteiger partial charge >= 0.3 is 0 Å². The van der Waals surface area contributed by atoms with Gasteiger partial charge in [0.25, 0.3) is 0 Å². The Balaban J connectivity index is 2.69. The molecule has 2 rings (SSSR count). The molecule has 5 nitrogen and oxygen atoms in total. The van der Waals surface area contributed by atoms with Crippen molar-refractivity contribution in [3.63, 3.8) is 0 Å². The van der Waals surface area contributed by atoms with E-state index < -0.39 is 0 Å². The number of hydrogen-bond donors (Lipinski definition) is 2. The van der Waals surface area contributed by atoms with Crippen LogP contribution in [0.25, 0.3) is 10.9 Å². The average molecular weight is 231 g/mol. The van der Waals surface area contributed by atoms with Gasteiger partial charge in [-0.3, -0.25) is 0 Å². The van der Waals surface area contributed by atoms with E-state index >= 15 is 0 Å². The van der Waals surface area contributed by atoms with E-state index in [1.165, 1.54) is 0 Å². The first kappa shape index (κ1) is 11.2. The van der Waals surface area contributed by atoms with Gasteiger partial charge in [0, 0.05) is 17.0 Å². The first-order chi connectivity index (χ1) is 8.26. The molecule has 1 aromatic heterocycles. The van der Waals surface area contributed by atoms with E-state index in [-0.39, 0.29) is 5.84 Å². The summed E-state index contributed by atoms with van der Waals surface area (Å²) in [5.74, 6) is 0.511. The maximum absolute atomic E-state index is 8.77. The van der Waals surface area contributed by atoms with E-state index in [2.05, 4.69) is 10.1 Å². The average Bonchev–Trinajstić information content (AvgIpc) is 2.37. The molecule has 0 aliphatic rings. The third-order valence-electron chi connectivity index (χ3n) is 2.37. The lowest BCUT2D eigenvalue weighted by atomic mass is 10.1. The highest BCUT2D eigenvalue weighted by molar-refractivity contribution is 6.08. The fourth-order valence-corrected chi connectivity index (χ4v) is 1.64. The van der Waals surface area contributed by atoms with E-state index in [0.717, 1.165) is 10.9 Å². The standard InChI is InChI=1S/C12H13N3O2/c1-2-17-11-7-9(12(13)15-16)8-5-3-4-6-10(8)14-11/h3-7,16H,2H2,1H3,(H2,13,15). The van der Waals surface area contributed by atoms with Gasteiger partial charge in [0.2, 0.25) is 5.88 Å². The molecule has 3 N–H and O–H groups in total. The molecule has 0 saturated carbocycles. The summed E-state index contributed by atoms with van der Waals surface area (Å²) >= 11 is 0. The molecular weight excluding hydrogens is 218 g/mol. The molecule has 0 amide bonds. The highest BCUT2D eigenvalue weighted by Gasteiger charge is 2.09. The van der Waals surface area contributed by atoms with Crippen molar-refractivity contribution in [2.45, 2.75) is 6.92 Å². The van der Waals surface area contributed by atoms with Crippen molar-refractivity contribution in [1.82, 2.24) is 4.98 Å². The van der Waals surface area contributed by atoms with E-state index in [1.807, 2.05) is 31.2 Å². The predicted octanol–water partition coefficient (Wildman–Crippen LogP) is 1.73. The van der Waals surface area contributed by atoms with Crippen LogP contribution < -0.4 is 10.5 Å². The summed E-state index contributed by atoms with van der Waals surface area (Å²) < 4.78 is 5.35. The lowest BCUT2D eigenvalue weighted by Crippen LogP contribution is -2.14. The minimum absolute atomic E-state index is 0.0459. The summed E-state index contributed by atoms with van der Waals surface area (Å²) in [6, 6.07) is 9.14. The molecule has 1 heterocycles. The van der Waals surface area contributed by atoms with Crippen LogP contribution in [0, 0.1) is 0 Å². The number of fused-ring (bicyclic) bond motifs is 1. The molecule has 0 aliphatic carbocycles. The number of aromatic nitrogens is 1. The van der Waals surface area contributed by atoms with E-state index in [4.69, 9.17) is 15.7 Å². The van der Waals surface area contributed by atoms with Gasteiger partial charge in [0.05, 0.1) is 12.1 Å². The van der Waals surface area contributed by atoms with Crippen LogP contribution in [-0.4, -0.2) is 22.6 Å². The van der Waals surface area contributed by atoms with Gasteiger partial charge in [0.15, 0.2) is 5.84 Å². The zero-order valence-electron chi connectivity index (χ0n) is 9.42. The van der Waals surface area contributed by atoms with Gasteiger partial charge < -0.3 is 15.7 Å². The minimum atomic E-state index is 0.0459. The van der Waals surface area contributed by atoms with Crippen molar-refractivity contribution in [3.8, 4) is 5.88 Å². The molecule has 1 aromatic carbocycles. The summed E-state index contributed by atoms with van der Waals surface area (Å²) in [6.07, 6.45) is 0. The molecule has 0 saturated heterocycles. The summed E-state index contributed by atoms with van der Waals surface area (Å²) in [5, 5.41) is 12.6. The number of rotatable bonds is 3. The van der Waals surface area contributed by atoms with Gasteiger partial charge in [0.1, 0.15) is 0 Å². The fourth-order valence-electron chi connectivity index (χ4n) is 1.64. The number of benzene rings is 1. The van der Waals surface area contributed by atoms with Crippen molar-refractivity contribution in [2.24, 2.45) is 10.9 Å². The highest BCUT2D eigenvalue weighted by Crippen LogP contribution is 2.21. The lowest BCUT2D eigenvalue weighted by Gasteiger charge is -2.08. The number of nitrogens with zero attached hydrogens (tertiary/aromatic N) is 2. The molecule has 0 aliphatic heterocycles. The quantitative estimate of drug-likeness (QED) is 0.365. The fraction of sp³-hybridized carbons (Fsp3) is 0.167. The monoisotopic (exact) mass is 231 g/mol. The van der Waals surface area contributed by atoms with Gasteiger partial charge in [-0.15, -0.1) is 0 Å². The van der Waals surface area contributed by atoms with Crippen LogP contribution in [-0.2, 0) is 0 Å². The van der Waals surface area contributed by atoms with Gasteiger partial charge in [-0.1, -0.05) is 23.4 Å². The SMILES string of the molecule is CCOc1cc(C(N)=NO)c2ccccc2n1. The predicted molar refractivity (Wildman–Crippen MR) is 65.4 cm³/mol. The van der Waals surface area contributed by atoms with Crippen LogP contribution in [0.15, 0.2) is 35.5 Å². The van der Waals surface area contributed by atoms with Crippen LogP contribution in [0.3, 0.4) is 0 Å². The van der Waals surface area contributed by atoms with Crippen molar-refractivity contribution in [3.05, 3.63) is 35.9 Å². The molecule has 0 fully saturated rings. The maximum atomic E-state index is 8.77. The van der Waals surface area contributed by atoms with E-state index in [9.17, 15) is 0 Å². The Hall–Kier alpha value is -2.30. The Kier molecular flexibility index (Phi) is 3.09. The molecule has 0 atom stereocenters. The second kappa shape index (κ2) is 4.69. The molecule has 5 heteroatoms. The Morgan fingerprint density at radius 3 is 2.94 bits per heavy atom. The largest absolute Gasteiger partial charge is 0.478 e. The minimum Gasteiger partial charge on any atom is -0.478 e. The molecule has 0 radical (unpaired) electrons. The van der Waals surface area contributed by atoms with Crippen molar-refractivity contribution >= 4 is 16.7 Å². The normalized spacial score (nSPS) is 11.7. The van der Waals surface area contributed by atoms with E-state index in [0.29, 0.717) is 18.1 Å².